The van der Waals surface area contributed by atoms with E-state index < -0.39 is 0 Å². The molecule has 0 spiro atoms. The van der Waals surface area contributed by atoms with E-state index in [1.807, 2.05) is 0 Å². The van der Waals surface area contributed by atoms with Crippen LogP contribution in [0.1, 0.15) is 11.1 Å². The molecule has 2 N–H and O–H groups in total. The second-order valence-electron chi connectivity index (χ2n) is 4.87. The summed E-state index contributed by atoms with van der Waals surface area (Å²) in [5.41, 5.74) is 2.41. The number of hydrogen-bond acceptors (Lipinski definition) is 4. The summed E-state index contributed by atoms with van der Waals surface area (Å²) >= 11 is 6.08. The number of benzodiazepines with no additional fused rings is 1. The molecule has 0 aliphatic carbocycles. The summed E-state index contributed by atoms with van der Waals surface area (Å²) in [4.78, 5) is 4.49. The minimum atomic E-state index is -0.346. The summed E-state index contributed by atoms with van der Waals surface area (Å²) in [5, 5.41) is 15.5. The molecule has 6 heteroatoms. The van der Waals surface area contributed by atoms with Gasteiger partial charge in [-0.25, -0.2) is 4.39 Å². The number of nitrogens with zero attached hydrogens (tertiary/aromatic N) is 2. The van der Waals surface area contributed by atoms with E-state index in [0.29, 0.717) is 28.4 Å². The maximum Gasteiger partial charge on any atom is 0.132 e. The van der Waals surface area contributed by atoms with Crippen LogP contribution in [0.2, 0.25) is 5.02 Å². The van der Waals surface area contributed by atoms with Crippen molar-refractivity contribution < 1.29 is 9.60 Å². The molecule has 2 aromatic carbocycles. The number of benzene rings is 2. The molecule has 1 unspecified atom stereocenters. The fourth-order valence-corrected chi connectivity index (χ4v) is 2.58. The van der Waals surface area contributed by atoms with Gasteiger partial charge in [0, 0.05) is 21.8 Å². The monoisotopic (exact) mass is 317 g/mol. The van der Waals surface area contributed by atoms with E-state index in [-0.39, 0.29) is 11.9 Å². The van der Waals surface area contributed by atoms with Gasteiger partial charge in [0.05, 0.1) is 24.5 Å². The summed E-state index contributed by atoms with van der Waals surface area (Å²) in [6.45, 7) is 0.319. The van der Waals surface area contributed by atoms with Gasteiger partial charge >= 0.3 is 0 Å². The first-order valence-corrected chi connectivity index (χ1v) is 7.10. The van der Waals surface area contributed by atoms with Crippen molar-refractivity contribution in [1.82, 2.24) is 0 Å². The zero-order chi connectivity index (χ0) is 15.5. The molecule has 1 aliphatic rings. The molecular weight excluding hydrogens is 305 g/mol. The zero-order valence-corrected chi connectivity index (χ0v) is 12.3. The predicted molar refractivity (Wildman–Crippen MR) is 86.0 cm³/mol. The van der Waals surface area contributed by atoms with Gasteiger partial charge in [-0.05, 0) is 30.3 Å². The fourth-order valence-electron chi connectivity index (χ4n) is 2.41. The Hall–Kier alpha value is -2.40. The second kappa shape index (κ2) is 6.15. The summed E-state index contributed by atoms with van der Waals surface area (Å²) in [6, 6.07) is 11.5. The van der Waals surface area contributed by atoms with Crippen LogP contribution in [-0.4, -0.2) is 29.7 Å². The minimum Gasteiger partial charge on any atom is -0.411 e. The van der Waals surface area contributed by atoms with Crippen molar-refractivity contribution in [2.75, 3.05) is 11.9 Å². The van der Waals surface area contributed by atoms with Crippen LogP contribution >= 0.6 is 11.6 Å². The Bertz CT molecular complexity index is 761. The van der Waals surface area contributed by atoms with Crippen LogP contribution in [0.5, 0.6) is 0 Å². The molecule has 1 heterocycles. The van der Waals surface area contributed by atoms with Crippen LogP contribution in [-0.2, 0) is 0 Å². The highest BCUT2D eigenvalue weighted by molar-refractivity contribution is 6.31. The van der Waals surface area contributed by atoms with Gasteiger partial charge in [-0.3, -0.25) is 4.99 Å². The Labute approximate surface area is 132 Å². The van der Waals surface area contributed by atoms with Crippen molar-refractivity contribution in [2.45, 2.75) is 6.04 Å². The molecule has 112 valence electrons. The zero-order valence-electron chi connectivity index (χ0n) is 11.5. The van der Waals surface area contributed by atoms with Crippen molar-refractivity contribution in [3.8, 4) is 0 Å². The summed E-state index contributed by atoms with van der Waals surface area (Å²) in [6.07, 6.45) is 1.35. The van der Waals surface area contributed by atoms with E-state index in [0.717, 1.165) is 5.69 Å². The first-order valence-electron chi connectivity index (χ1n) is 6.72. The normalized spacial score (nSPS) is 17.5. The first kappa shape index (κ1) is 14.5. The topological polar surface area (TPSA) is 57.0 Å². The average Bonchev–Trinajstić information content (AvgIpc) is 2.68. The van der Waals surface area contributed by atoms with Crippen LogP contribution in [0.3, 0.4) is 0 Å². The van der Waals surface area contributed by atoms with Gasteiger partial charge in [0.25, 0.3) is 0 Å². The Morgan fingerprint density at radius 1 is 1.27 bits per heavy atom. The Balaban J connectivity index is 2.16. The van der Waals surface area contributed by atoms with Gasteiger partial charge < -0.3 is 10.5 Å². The van der Waals surface area contributed by atoms with E-state index in [4.69, 9.17) is 16.8 Å². The van der Waals surface area contributed by atoms with Gasteiger partial charge in [-0.2, -0.15) is 0 Å². The first-order chi connectivity index (χ1) is 10.7. The molecule has 4 nitrogen and oxygen atoms in total. The fraction of sp³-hybridized carbons (Fsp3) is 0.125. The van der Waals surface area contributed by atoms with Crippen molar-refractivity contribution in [2.24, 2.45) is 10.1 Å². The van der Waals surface area contributed by atoms with Crippen molar-refractivity contribution in [3.05, 3.63) is 64.4 Å². The molecule has 0 radical (unpaired) electrons. The molecule has 2 aromatic rings. The minimum absolute atomic E-state index is 0.283. The molecular formula is C16H13ClFN3O. The molecule has 1 atom stereocenters. The molecule has 0 aromatic heterocycles. The number of nitrogens with one attached hydrogen (secondary N) is 1. The number of oxime groups is 1. The van der Waals surface area contributed by atoms with Gasteiger partial charge in [-0.1, -0.05) is 28.9 Å². The van der Waals surface area contributed by atoms with E-state index in [9.17, 15) is 4.39 Å². The maximum absolute atomic E-state index is 14.1. The Morgan fingerprint density at radius 2 is 2.09 bits per heavy atom. The quantitative estimate of drug-likeness (QED) is 0.505. The molecule has 0 fully saturated rings. The van der Waals surface area contributed by atoms with Crippen molar-refractivity contribution in [3.63, 3.8) is 0 Å². The number of aliphatic imine (C=N–C) groups is 1. The summed E-state index contributed by atoms with van der Waals surface area (Å²) in [5.74, 6) is -0.346. The predicted octanol–water partition coefficient (Wildman–Crippen LogP) is 3.57. The Morgan fingerprint density at radius 3 is 2.86 bits per heavy atom. The van der Waals surface area contributed by atoms with E-state index in [1.54, 1.807) is 36.4 Å². The number of rotatable bonds is 2. The average molecular weight is 318 g/mol. The number of hydrogen-bond donors (Lipinski definition) is 2. The van der Waals surface area contributed by atoms with E-state index in [2.05, 4.69) is 15.5 Å². The maximum atomic E-state index is 14.1. The lowest BCUT2D eigenvalue weighted by Gasteiger charge is -2.13. The lowest BCUT2D eigenvalue weighted by Crippen LogP contribution is -2.23. The molecule has 0 saturated carbocycles. The van der Waals surface area contributed by atoms with E-state index >= 15 is 0 Å². The highest BCUT2D eigenvalue weighted by Crippen LogP contribution is 2.27. The van der Waals surface area contributed by atoms with Crippen molar-refractivity contribution >= 4 is 29.2 Å². The highest BCUT2D eigenvalue weighted by Gasteiger charge is 2.21. The largest absolute Gasteiger partial charge is 0.411 e. The lowest BCUT2D eigenvalue weighted by molar-refractivity contribution is 0.320. The molecule has 0 amide bonds. The van der Waals surface area contributed by atoms with E-state index in [1.165, 1.54) is 12.3 Å². The number of halogens is 2. The third-order valence-corrected chi connectivity index (χ3v) is 3.63. The van der Waals surface area contributed by atoms with Gasteiger partial charge in [0.15, 0.2) is 0 Å². The van der Waals surface area contributed by atoms with Crippen LogP contribution < -0.4 is 5.32 Å². The van der Waals surface area contributed by atoms with Crippen LogP contribution in [0, 0.1) is 5.82 Å². The Kier molecular flexibility index (Phi) is 4.06. The summed E-state index contributed by atoms with van der Waals surface area (Å²) in [7, 11) is 0. The molecule has 0 saturated heterocycles. The molecule has 3 rings (SSSR count). The SMILES string of the molecule is O/N=C\C1CN=C(c2ccccc2F)c2cc(Cl)ccc2N1. The van der Waals surface area contributed by atoms with Gasteiger partial charge in [0.2, 0.25) is 0 Å². The smallest absolute Gasteiger partial charge is 0.132 e. The van der Waals surface area contributed by atoms with Crippen molar-refractivity contribution in [1.29, 1.82) is 0 Å². The number of anilines is 1. The van der Waals surface area contributed by atoms with Gasteiger partial charge in [-0.15, -0.1) is 0 Å². The second-order valence-corrected chi connectivity index (χ2v) is 5.31. The standard InChI is InChI=1S/C16H13ClFN3O/c17-10-5-6-15-13(7-10)16(12-3-1-2-4-14(12)18)19-8-11(21-15)9-20-22/h1-7,9,11,21-22H,8H2/b20-9-. The third kappa shape index (κ3) is 2.80. The third-order valence-electron chi connectivity index (χ3n) is 3.40. The molecule has 22 heavy (non-hydrogen) atoms. The number of fused-ring (bicyclic) bond motifs is 1. The highest BCUT2D eigenvalue weighted by atomic mass is 35.5. The van der Waals surface area contributed by atoms with Gasteiger partial charge in [0.1, 0.15) is 5.82 Å². The van der Waals surface area contributed by atoms with Crippen LogP contribution in [0.15, 0.2) is 52.6 Å². The lowest BCUT2D eigenvalue weighted by atomic mass is 10.00. The summed E-state index contributed by atoms with van der Waals surface area (Å²) < 4.78 is 14.1. The molecule has 0 bridgehead atoms. The van der Waals surface area contributed by atoms with Crippen LogP contribution in [0.4, 0.5) is 10.1 Å². The molecule has 1 aliphatic heterocycles. The van der Waals surface area contributed by atoms with Crippen LogP contribution in [0.25, 0.3) is 0 Å².